The Kier molecular flexibility index (Phi) is 6.87. The van der Waals surface area contributed by atoms with Crippen LogP contribution in [0, 0.1) is 12.8 Å². The van der Waals surface area contributed by atoms with Crippen LogP contribution in [-0.2, 0) is 9.59 Å². The van der Waals surface area contributed by atoms with E-state index >= 15 is 0 Å². The number of amides is 1. The maximum Gasteiger partial charge on any atom is 0.309 e. The van der Waals surface area contributed by atoms with Gasteiger partial charge in [-0.05, 0) is 61.7 Å². The number of nitrogens with zero attached hydrogens (tertiary/aromatic N) is 2. The molecule has 1 N–H and O–H groups in total. The third-order valence-electron chi connectivity index (χ3n) is 6.38. The average molecular weight is 512 g/mol. The zero-order valence-corrected chi connectivity index (χ0v) is 21.8. The highest BCUT2D eigenvalue weighted by Gasteiger charge is 2.30. The van der Waals surface area contributed by atoms with Gasteiger partial charge in [0.1, 0.15) is 17.2 Å². The molecule has 1 amide bonds. The Labute approximate surface area is 221 Å². The normalized spacial score (nSPS) is 12.6. The highest BCUT2D eigenvalue weighted by Crippen LogP contribution is 2.43. The first-order valence-electron chi connectivity index (χ1n) is 12.4. The van der Waals surface area contributed by atoms with E-state index in [0.29, 0.717) is 28.4 Å². The maximum atomic E-state index is 12.3. The molecule has 0 spiro atoms. The summed E-state index contributed by atoms with van der Waals surface area (Å²) < 4.78 is 18.4. The quantitative estimate of drug-likeness (QED) is 0.300. The molecule has 1 fully saturated rings. The van der Waals surface area contributed by atoms with Crippen LogP contribution in [0.3, 0.4) is 0 Å². The van der Waals surface area contributed by atoms with Gasteiger partial charge >= 0.3 is 5.97 Å². The van der Waals surface area contributed by atoms with Crippen molar-refractivity contribution in [3.8, 4) is 45.5 Å². The zero-order chi connectivity index (χ0) is 26.8. The number of rotatable bonds is 8. The van der Waals surface area contributed by atoms with E-state index in [-0.39, 0.29) is 17.7 Å². The van der Waals surface area contributed by atoms with Gasteiger partial charge in [0.2, 0.25) is 11.8 Å². The number of ether oxygens (including phenoxy) is 3. The lowest BCUT2D eigenvalue weighted by molar-refractivity contribution is -0.132. The predicted molar refractivity (Wildman–Crippen MR) is 145 cm³/mol. The molecular formula is C30H29N3O5. The van der Waals surface area contributed by atoms with Crippen LogP contribution in [0.4, 0.5) is 5.69 Å². The van der Waals surface area contributed by atoms with Crippen molar-refractivity contribution in [2.24, 2.45) is 5.92 Å². The second kappa shape index (κ2) is 10.4. The Hall–Kier alpha value is -4.59. The predicted octanol–water partition coefficient (Wildman–Crippen LogP) is 5.81. The first-order chi connectivity index (χ1) is 18.4. The second-order valence-corrected chi connectivity index (χ2v) is 9.31. The monoisotopic (exact) mass is 511 g/mol. The topological polar surface area (TPSA) is 91.7 Å². The summed E-state index contributed by atoms with van der Waals surface area (Å²) >= 11 is 0. The molecule has 4 aromatic rings. The standard InChI is InChI=1S/C30H29N3O5/c1-18-5-13-24(14-6-18)33-30(38-19(2)34)27(20-9-11-23(12-10-20)31-29(35)21-7-8-21)28(32-33)22-15-25(36-3)17-26(16-22)37-4/h5-6,9-17,21H,7-8H2,1-4H3,(H,31,35). The molecule has 0 radical (unpaired) electrons. The van der Waals surface area contributed by atoms with Gasteiger partial charge in [-0.25, -0.2) is 0 Å². The number of methoxy groups -OCH3 is 2. The van der Waals surface area contributed by atoms with Gasteiger partial charge in [0.25, 0.3) is 0 Å². The van der Waals surface area contributed by atoms with Crippen molar-refractivity contribution in [2.75, 3.05) is 19.5 Å². The fourth-order valence-corrected chi connectivity index (χ4v) is 4.21. The third kappa shape index (κ3) is 5.25. The molecule has 0 aliphatic heterocycles. The molecule has 0 bridgehead atoms. The van der Waals surface area contributed by atoms with Gasteiger partial charge in [0.15, 0.2) is 0 Å². The molecule has 0 saturated heterocycles. The van der Waals surface area contributed by atoms with E-state index in [1.165, 1.54) is 6.92 Å². The molecule has 5 rings (SSSR count). The smallest absolute Gasteiger partial charge is 0.309 e. The van der Waals surface area contributed by atoms with Crippen LogP contribution in [0.25, 0.3) is 28.1 Å². The molecule has 38 heavy (non-hydrogen) atoms. The van der Waals surface area contributed by atoms with E-state index in [1.54, 1.807) is 25.0 Å². The van der Waals surface area contributed by atoms with Gasteiger partial charge < -0.3 is 19.5 Å². The Balaban J connectivity index is 1.70. The summed E-state index contributed by atoms with van der Waals surface area (Å²) in [5.74, 6) is 1.16. The first kappa shape index (κ1) is 25.1. The lowest BCUT2D eigenvalue weighted by atomic mass is 10.0. The molecule has 1 aromatic heterocycles. The Bertz CT molecular complexity index is 1460. The van der Waals surface area contributed by atoms with E-state index < -0.39 is 5.97 Å². The van der Waals surface area contributed by atoms with Gasteiger partial charge in [0, 0.05) is 30.2 Å². The molecule has 194 valence electrons. The minimum atomic E-state index is -0.470. The van der Waals surface area contributed by atoms with Crippen molar-refractivity contribution in [1.82, 2.24) is 9.78 Å². The number of hydrogen-bond donors (Lipinski definition) is 1. The first-order valence-corrected chi connectivity index (χ1v) is 12.4. The van der Waals surface area contributed by atoms with Crippen molar-refractivity contribution < 1.29 is 23.8 Å². The molecule has 1 aliphatic carbocycles. The van der Waals surface area contributed by atoms with E-state index in [2.05, 4.69) is 5.32 Å². The van der Waals surface area contributed by atoms with Crippen LogP contribution < -0.4 is 19.5 Å². The number of carbonyl (C=O) groups excluding carboxylic acids is 2. The van der Waals surface area contributed by atoms with E-state index in [0.717, 1.165) is 35.2 Å². The fraction of sp³-hybridized carbons (Fsp3) is 0.233. The van der Waals surface area contributed by atoms with Gasteiger partial charge in [-0.15, -0.1) is 0 Å². The summed E-state index contributed by atoms with van der Waals surface area (Å²) in [6.07, 6.45) is 1.86. The molecule has 0 unspecified atom stereocenters. The molecule has 8 nitrogen and oxygen atoms in total. The maximum absolute atomic E-state index is 12.3. The van der Waals surface area contributed by atoms with Crippen molar-refractivity contribution in [1.29, 1.82) is 0 Å². The number of hydrogen-bond acceptors (Lipinski definition) is 6. The van der Waals surface area contributed by atoms with Crippen LogP contribution in [0.1, 0.15) is 25.3 Å². The number of aromatic nitrogens is 2. The Morgan fingerprint density at radius 1 is 0.895 bits per heavy atom. The second-order valence-electron chi connectivity index (χ2n) is 9.31. The van der Waals surface area contributed by atoms with Crippen molar-refractivity contribution in [3.63, 3.8) is 0 Å². The lowest BCUT2D eigenvalue weighted by Crippen LogP contribution is -2.13. The lowest BCUT2D eigenvalue weighted by Gasteiger charge is -2.11. The van der Waals surface area contributed by atoms with Crippen LogP contribution in [0.2, 0.25) is 0 Å². The molecule has 1 aliphatic rings. The number of nitrogens with one attached hydrogen (secondary N) is 1. The van der Waals surface area contributed by atoms with E-state index in [9.17, 15) is 9.59 Å². The summed E-state index contributed by atoms with van der Waals surface area (Å²) in [7, 11) is 3.17. The van der Waals surface area contributed by atoms with Gasteiger partial charge in [-0.2, -0.15) is 9.78 Å². The van der Waals surface area contributed by atoms with Crippen LogP contribution in [0.5, 0.6) is 17.4 Å². The highest BCUT2D eigenvalue weighted by molar-refractivity contribution is 5.95. The minimum absolute atomic E-state index is 0.0368. The average Bonchev–Trinajstić information content (AvgIpc) is 3.71. The molecule has 8 heteroatoms. The van der Waals surface area contributed by atoms with Crippen molar-refractivity contribution in [2.45, 2.75) is 26.7 Å². The van der Waals surface area contributed by atoms with Crippen LogP contribution in [0.15, 0.2) is 66.7 Å². The molecular weight excluding hydrogens is 482 g/mol. The molecule has 0 atom stereocenters. The van der Waals surface area contributed by atoms with Crippen LogP contribution in [-0.4, -0.2) is 35.9 Å². The Morgan fingerprint density at radius 3 is 2.08 bits per heavy atom. The largest absolute Gasteiger partial charge is 0.497 e. The number of aryl methyl sites for hydroxylation is 1. The summed E-state index contributed by atoms with van der Waals surface area (Å²) in [4.78, 5) is 24.5. The molecule has 1 saturated carbocycles. The summed E-state index contributed by atoms with van der Waals surface area (Å²) in [5, 5.41) is 7.89. The van der Waals surface area contributed by atoms with Gasteiger partial charge in [-0.1, -0.05) is 29.8 Å². The SMILES string of the molecule is COc1cc(OC)cc(-c2nn(-c3ccc(C)cc3)c(OC(C)=O)c2-c2ccc(NC(=O)C3CC3)cc2)c1. The number of anilines is 1. The summed E-state index contributed by atoms with van der Waals surface area (Å²) in [6, 6.07) is 20.7. The fourth-order valence-electron chi connectivity index (χ4n) is 4.21. The summed E-state index contributed by atoms with van der Waals surface area (Å²) in [6.45, 7) is 3.36. The summed E-state index contributed by atoms with van der Waals surface area (Å²) in [5.41, 5.74) is 5.22. The minimum Gasteiger partial charge on any atom is -0.497 e. The van der Waals surface area contributed by atoms with Crippen LogP contribution >= 0.6 is 0 Å². The van der Waals surface area contributed by atoms with E-state index in [4.69, 9.17) is 19.3 Å². The van der Waals surface area contributed by atoms with Crippen molar-refractivity contribution in [3.05, 3.63) is 72.3 Å². The molecule has 3 aromatic carbocycles. The van der Waals surface area contributed by atoms with Crippen molar-refractivity contribution >= 4 is 17.6 Å². The zero-order valence-electron chi connectivity index (χ0n) is 21.8. The van der Waals surface area contributed by atoms with Gasteiger partial charge in [0.05, 0.1) is 25.5 Å². The van der Waals surface area contributed by atoms with Gasteiger partial charge in [-0.3, -0.25) is 9.59 Å². The Morgan fingerprint density at radius 2 is 1.53 bits per heavy atom. The molecule has 1 heterocycles. The third-order valence-corrected chi connectivity index (χ3v) is 6.38. The number of esters is 1. The highest BCUT2D eigenvalue weighted by atomic mass is 16.5. The number of benzene rings is 3. The number of carbonyl (C=O) groups is 2. The van der Waals surface area contributed by atoms with E-state index in [1.807, 2.05) is 67.6 Å².